The Kier molecular flexibility index (Phi) is 2.60. The summed E-state index contributed by atoms with van der Waals surface area (Å²) in [6.07, 6.45) is 7.06. The van der Waals surface area contributed by atoms with Crippen molar-refractivity contribution in [2.45, 2.75) is 13.8 Å². The molecular formula is C8H11N3. The summed E-state index contributed by atoms with van der Waals surface area (Å²) in [5.41, 5.74) is 0.935. The molecule has 58 valence electrons. The Hall–Kier alpha value is -1.38. The second kappa shape index (κ2) is 3.71. The van der Waals surface area contributed by atoms with Crippen molar-refractivity contribution in [3.8, 4) is 0 Å². The molecule has 2 heterocycles. The van der Waals surface area contributed by atoms with Gasteiger partial charge in [0.2, 0.25) is 0 Å². The molecule has 0 aliphatic carbocycles. The van der Waals surface area contributed by atoms with Gasteiger partial charge >= 0.3 is 0 Å². The summed E-state index contributed by atoms with van der Waals surface area (Å²) >= 11 is 0. The Bertz CT molecular complexity index is 283. The maximum atomic E-state index is 4.04. The molecule has 0 bridgehead atoms. The van der Waals surface area contributed by atoms with Crippen LogP contribution in [0.2, 0.25) is 0 Å². The number of aromatic nitrogens is 3. The SMILES string of the molecule is CC.c1cc2nccn2cn1. The summed E-state index contributed by atoms with van der Waals surface area (Å²) in [6, 6.07) is 1.86. The summed E-state index contributed by atoms with van der Waals surface area (Å²) in [5.74, 6) is 0. The third-order valence-electron chi connectivity index (χ3n) is 1.20. The zero-order valence-electron chi connectivity index (χ0n) is 6.73. The lowest BCUT2D eigenvalue weighted by Crippen LogP contribution is -1.81. The molecule has 0 N–H and O–H groups in total. The number of hydrogen-bond acceptors (Lipinski definition) is 2. The Morgan fingerprint density at radius 1 is 1.27 bits per heavy atom. The predicted octanol–water partition coefficient (Wildman–Crippen LogP) is 1.76. The molecule has 0 spiro atoms. The highest BCUT2D eigenvalue weighted by Crippen LogP contribution is 1.94. The van der Waals surface area contributed by atoms with E-state index in [9.17, 15) is 0 Å². The van der Waals surface area contributed by atoms with Crippen molar-refractivity contribution in [2.24, 2.45) is 0 Å². The molecule has 0 aliphatic heterocycles. The Morgan fingerprint density at radius 3 is 2.82 bits per heavy atom. The zero-order valence-corrected chi connectivity index (χ0v) is 6.73. The number of imidazole rings is 1. The van der Waals surface area contributed by atoms with Crippen LogP contribution < -0.4 is 0 Å². The van der Waals surface area contributed by atoms with Gasteiger partial charge in [-0.1, -0.05) is 13.8 Å². The van der Waals surface area contributed by atoms with E-state index >= 15 is 0 Å². The van der Waals surface area contributed by atoms with E-state index in [1.165, 1.54) is 0 Å². The minimum atomic E-state index is 0.935. The number of rotatable bonds is 0. The quantitative estimate of drug-likeness (QED) is 0.571. The molecule has 0 unspecified atom stereocenters. The first-order valence-electron chi connectivity index (χ1n) is 3.69. The van der Waals surface area contributed by atoms with Gasteiger partial charge in [0.25, 0.3) is 0 Å². The van der Waals surface area contributed by atoms with Crippen LogP contribution in [0.25, 0.3) is 5.65 Å². The van der Waals surface area contributed by atoms with E-state index in [1.807, 2.05) is 30.5 Å². The molecule has 3 nitrogen and oxygen atoms in total. The average molecular weight is 149 g/mol. The maximum Gasteiger partial charge on any atom is 0.139 e. The van der Waals surface area contributed by atoms with Crippen LogP contribution in [0.1, 0.15) is 13.8 Å². The van der Waals surface area contributed by atoms with Gasteiger partial charge in [-0.05, 0) is 6.07 Å². The number of fused-ring (bicyclic) bond motifs is 1. The fourth-order valence-corrected chi connectivity index (χ4v) is 0.771. The van der Waals surface area contributed by atoms with E-state index in [2.05, 4.69) is 9.97 Å². The van der Waals surface area contributed by atoms with Crippen LogP contribution >= 0.6 is 0 Å². The molecule has 3 heteroatoms. The highest BCUT2D eigenvalue weighted by atomic mass is 15.0. The van der Waals surface area contributed by atoms with Gasteiger partial charge in [-0.25, -0.2) is 9.97 Å². The highest BCUT2D eigenvalue weighted by Gasteiger charge is 1.86. The van der Waals surface area contributed by atoms with Crippen molar-refractivity contribution < 1.29 is 0 Å². The third kappa shape index (κ3) is 1.55. The third-order valence-corrected chi connectivity index (χ3v) is 1.20. The Morgan fingerprint density at radius 2 is 2.09 bits per heavy atom. The molecule has 2 aromatic heterocycles. The minimum absolute atomic E-state index is 0.935. The molecule has 0 aromatic carbocycles. The summed E-state index contributed by atoms with van der Waals surface area (Å²) in [5, 5.41) is 0. The standard InChI is InChI=1S/C6H5N3.C2H6/c1-2-7-5-9-4-3-8-6(1)9;1-2/h1-5H;1-2H3. The fourth-order valence-electron chi connectivity index (χ4n) is 0.771. The highest BCUT2D eigenvalue weighted by molar-refractivity contribution is 5.34. The van der Waals surface area contributed by atoms with E-state index in [4.69, 9.17) is 0 Å². The molecule has 0 fully saturated rings. The van der Waals surface area contributed by atoms with Gasteiger partial charge in [-0.3, -0.25) is 4.40 Å². The molecule has 0 saturated carbocycles. The van der Waals surface area contributed by atoms with Gasteiger partial charge in [0.1, 0.15) is 12.0 Å². The smallest absolute Gasteiger partial charge is 0.139 e. The summed E-state index contributed by atoms with van der Waals surface area (Å²) in [7, 11) is 0. The van der Waals surface area contributed by atoms with E-state index in [0.717, 1.165) is 5.65 Å². The topological polar surface area (TPSA) is 30.2 Å². The summed E-state index contributed by atoms with van der Waals surface area (Å²) in [4.78, 5) is 7.95. The van der Waals surface area contributed by atoms with Gasteiger partial charge in [0, 0.05) is 18.6 Å². The van der Waals surface area contributed by atoms with E-state index in [0.29, 0.717) is 0 Å². The van der Waals surface area contributed by atoms with Gasteiger partial charge < -0.3 is 0 Å². The largest absolute Gasteiger partial charge is 0.290 e. The van der Waals surface area contributed by atoms with Crippen molar-refractivity contribution >= 4 is 5.65 Å². The molecule has 2 aromatic rings. The van der Waals surface area contributed by atoms with Gasteiger partial charge in [0.15, 0.2) is 0 Å². The zero-order chi connectivity index (χ0) is 8.10. The molecule has 0 amide bonds. The molecule has 0 atom stereocenters. The first-order chi connectivity index (χ1) is 5.47. The normalized spacial score (nSPS) is 8.91. The summed E-state index contributed by atoms with van der Waals surface area (Å²) < 4.78 is 1.86. The molecule has 0 aliphatic rings. The van der Waals surface area contributed by atoms with Crippen LogP contribution in [0.3, 0.4) is 0 Å². The second-order valence-electron chi connectivity index (χ2n) is 1.77. The van der Waals surface area contributed by atoms with Crippen molar-refractivity contribution in [3.05, 3.63) is 31.0 Å². The van der Waals surface area contributed by atoms with E-state index in [-0.39, 0.29) is 0 Å². The lowest BCUT2D eigenvalue weighted by atomic mass is 10.6. The van der Waals surface area contributed by atoms with Crippen molar-refractivity contribution in [2.75, 3.05) is 0 Å². The Labute approximate surface area is 65.7 Å². The average Bonchev–Trinajstić information content (AvgIpc) is 2.55. The van der Waals surface area contributed by atoms with Crippen molar-refractivity contribution in [3.63, 3.8) is 0 Å². The first kappa shape index (κ1) is 7.72. The second-order valence-corrected chi connectivity index (χ2v) is 1.77. The lowest BCUT2D eigenvalue weighted by molar-refractivity contribution is 1.09. The summed E-state index contributed by atoms with van der Waals surface area (Å²) in [6.45, 7) is 4.00. The first-order valence-corrected chi connectivity index (χ1v) is 3.69. The van der Waals surface area contributed by atoms with Crippen molar-refractivity contribution in [1.82, 2.24) is 14.4 Å². The van der Waals surface area contributed by atoms with Crippen LogP contribution in [0.4, 0.5) is 0 Å². The lowest BCUT2D eigenvalue weighted by Gasteiger charge is -1.85. The fraction of sp³-hybridized carbons (Fsp3) is 0.250. The van der Waals surface area contributed by atoms with E-state index < -0.39 is 0 Å². The minimum Gasteiger partial charge on any atom is -0.290 e. The van der Waals surface area contributed by atoms with Crippen LogP contribution in [-0.2, 0) is 0 Å². The monoisotopic (exact) mass is 149 g/mol. The van der Waals surface area contributed by atoms with E-state index in [1.54, 1.807) is 18.7 Å². The molecule has 0 saturated heterocycles. The number of nitrogens with zero attached hydrogens (tertiary/aromatic N) is 3. The van der Waals surface area contributed by atoms with Crippen LogP contribution in [-0.4, -0.2) is 14.4 Å². The van der Waals surface area contributed by atoms with Gasteiger partial charge in [0.05, 0.1) is 0 Å². The van der Waals surface area contributed by atoms with Gasteiger partial charge in [-0.2, -0.15) is 0 Å². The molecule has 11 heavy (non-hydrogen) atoms. The predicted molar refractivity (Wildman–Crippen MR) is 44.3 cm³/mol. The molecule has 2 rings (SSSR count). The van der Waals surface area contributed by atoms with Crippen molar-refractivity contribution in [1.29, 1.82) is 0 Å². The van der Waals surface area contributed by atoms with Crippen LogP contribution in [0.5, 0.6) is 0 Å². The number of hydrogen-bond donors (Lipinski definition) is 0. The Balaban J connectivity index is 0.000000281. The van der Waals surface area contributed by atoms with Crippen LogP contribution in [0.15, 0.2) is 31.0 Å². The molecule has 0 radical (unpaired) electrons. The van der Waals surface area contributed by atoms with Gasteiger partial charge in [-0.15, -0.1) is 0 Å². The van der Waals surface area contributed by atoms with Crippen LogP contribution in [0, 0.1) is 0 Å². The molecular weight excluding hydrogens is 138 g/mol. The maximum absolute atomic E-state index is 4.04.